The van der Waals surface area contributed by atoms with E-state index in [1.165, 1.54) is 6.08 Å². The molecular weight excluding hydrogens is 719 g/mol. The van der Waals surface area contributed by atoms with Crippen LogP contribution in [0.3, 0.4) is 0 Å². The summed E-state index contributed by atoms with van der Waals surface area (Å²) in [4.78, 5) is 71.5. The number of hydrogen-bond acceptors (Lipinski definition) is 7. The van der Waals surface area contributed by atoms with E-state index in [0.29, 0.717) is 38.6 Å². The molecule has 302 valence electrons. The van der Waals surface area contributed by atoms with Gasteiger partial charge in [-0.15, -0.1) is 6.58 Å². The number of ketones is 1. The summed E-state index contributed by atoms with van der Waals surface area (Å²) in [5.74, 6) is -2.46. The number of fused-ring (bicyclic) bond motifs is 2. The van der Waals surface area contributed by atoms with Crippen molar-refractivity contribution < 1.29 is 32.4 Å². The van der Waals surface area contributed by atoms with E-state index in [1.807, 2.05) is 31.2 Å². The average Bonchev–Trinajstić information content (AvgIpc) is 3.89. The molecular formula is C42H61N5O7S. The van der Waals surface area contributed by atoms with Gasteiger partial charge in [0.25, 0.3) is 5.91 Å². The van der Waals surface area contributed by atoms with E-state index < -0.39 is 67.3 Å². The lowest BCUT2D eigenvalue weighted by atomic mass is 9.78. The molecule has 0 bridgehead atoms. The predicted molar refractivity (Wildman–Crippen MR) is 211 cm³/mol. The minimum absolute atomic E-state index is 0.0387. The SMILES string of the molecule is C=CCNC(=O)C(=O)C(CC1CC1)NC(=O)[C@@H]1[C@@H]2[C@H](CN1C(=O)[C@@H](NC(=O)NC1(CS(=O)(=O)C(C)(C)C)CCCCC1)C1(C)Cc3ccccc3C1)C2(C)C. The molecule has 12 nitrogen and oxygen atoms in total. The number of carbonyl (C=O) groups excluding carboxylic acids is 5. The second kappa shape index (κ2) is 15.0. The Morgan fingerprint density at radius 1 is 0.964 bits per heavy atom. The first-order chi connectivity index (χ1) is 25.7. The summed E-state index contributed by atoms with van der Waals surface area (Å²) in [5.41, 5.74) is 0.203. The molecule has 1 aliphatic heterocycles. The lowest BCUT2D eigenvalue weighted by Gasteiger charge is -2.42. The van der Waals surface area contributed by atoms with Gasteiger partial charge in [-0.25, -0.2) is 13.2 Å². The van der Waals surface area contributed by atoms with Gasteiger partial charge in [0, 0.05) is 18.5 Å². The molecule has 5 atom stereocenters. The van der Waals surface area contributed by atoms with E-state index in [9.17, 15) is 27.6 Å². The number of hydrogen-bond donors (Lipinski definition) is 4. The predicted octanol–water partition coefficient (Wildman–Crippen LogP) is 4.01. The molecule has 0 spiro atoms. The summed E-state index contributed by atoms with van der Waals surface area (Å²) in [6.45, 7) is 15.2. The number of nitrogens with zero attached hydrogens (tertiary/aromatic N) is 1. The fraction of sp³-hybridized carbons (Fsp3) is 0.690. The number of Topliss-reactive ketones (excluding diaryl/α,β-unsaturated/α-hetero) is 1. The van der Waals surface area contributed by atoms with E-state index in [2.05, 4.69) is 41.7 Å². The molecule has 5 aliphatic rings. The van der Waals surface area contributed by atoms with Crippen molar-refractivity contribution in [1.82, 2.24) is 26.2 Å². The van der Waals surface area contributed by atoms with Crippen LogP contribution in [0.4, 0.5) is 4.79 Å². The van der Waals surface area contributed by atoms with Crippen LogP contribution in [0.1, 0.15) is 104 Å². The molecule has 13 heteroatoms. The number of carbonyl (C=O) groups is 5. The van der Waals surface area contributed by atoms with E-state index >= 15 is 4.79 Å². The van der Waals surface area contributed by atoms with Gasteiger partial charge in [0.05, 0.1) is 22.1 Å². The zero-order valence-electron chi connectivity index (χ0n) is 33.5. The zero-order chi connectivity index (χ0) is 40.1. The van der Waals surface area contributed by atoms with Crippen LogP contribution >= 0.6 is 0 Å². The molecule has 3 saturated carbocycles. The van der Waals surface area contributed by atoms with Gasteiger partial charge in [0.15, 0.2) is 9.84 Å². The van der Waals surface area contributed by atoms with E-state index in [4.69, 9.17) is 0 Å². The van der Waals surface area contributed by atoms with Gasteiger partial charge in [0.1, 0.15) is 12.1 Å². The van der Waals surface area contributed by atoms with Crippen molar-refractivity contribution >= 4 is 39.4 Å². The van der Waals surface area contributed by atoms with Crippen molar-refractivity contribution in [2.24, 2.45) is 28.6 Å². The van der Waals surface area contributed by atoms with Crippen LogP contribution in [0, 0.1) is 28.6 Å². The third kappa shape index (κ3) is 8.37. The highest BCUT2D eigenvalue weighted by Gasteiger charge is 2.70. The maximum Gasteiger partial charge on any atom is 0.315 e. The van der Waals surface area contributed by atoms with Gasteiger partial charge in [-0.05, 0) is 87.2 Å². The average molecular weight is 780 g/mol. The number of rotatable bonds is 14. The third-order valence-corrected chi connectivity index (χ3v) is 16.2. The number of benzene rings is 1. The second-order valence-electron chi connectivity index (χ2n) is 19.0. The minimum atomic E-state index is -3.60. The van der Waals surface area contributed by atoms with Crippen molar-refractivity contribution in [3.05, 3.63) is 48.0 Å². The Morgan fingerprint density at radius 3 is 2.15 bits per heavy atom. The van der Waals surface area contributed by atoms with Crippen molar-refractivity contribution in [3.63, 3.8) is 0 Å². The van der Waals surface area contributed by atoms with Crippen LogP contribution in [0.5, 0.6) is 0 Å². The van der Waals surface area contributed by atoms with Crippen molar-refractivity contribution in [2.75, 3.05) is 18.8 Å². The molecule has 1 heterocycles. The molecule has 0 aromatic heterocycles. The molecule has 55 heavy (non-hydrogen) atoms. The Labute approximate surface area is 326 Å². The lowest BCUT2D eigenvalue weighted by Crippen LogP contribution is -2.65. The summed E-state index contributed by atoms with van der Waals surface area (Å²) < 4.78 is 26.1. The lowest BCUT2D eigenvalue weighted by molar-refractivity contribution is -0.145. The highest BCUT2D eigenvalue weighted by atomic mass is 32.2. The number of piperidine rings is 1. The summed E-state index contributed by atoms with van der Waals surface area (Å²) >= 11 is 0. The molecule has 4 N–H and O–H groups in total. The van der Waals surface area contributed by atoms with Gasteiger partial charge in [-0.2, -0.15) is 0 Å². The van der Waals surface area contributed by atoms with Gasteiger partial charge in [-0.3, -0.25) is 19.2 Å². The molecule has 5 amide bonds. The van der Waals surface area contributed by atoms with Gasteiger partial charge in [-0.1, -0.05) is 83.2 Å². The third-order valence-electron chi connectivity index (χ3n) is 13.4. The number of likely N-dealkylation sites (tertiary alicyclic amines) is 1. The fourth-order valence-electron chi connectivity index (χ4n) is 9.66. The van der Waals surface area contributed by atoms with E-state index in [0.717, 1.165) is 43.2 Å². The Morgan fingerprint density at radius 2 is 1.58 bits per heavy atom. The normalized spacial score (nSPS) is 25.7. The first-order valence-electron chi connectivity index (χ1n) is 20.1. The van der Waals surface area contributed by atoms with Crippen molar-refractivity contribution in [3.8, 4) is 0 Å². The highest BCUT2D eigenvalue weighted by Crippen LogP contribution is 2.65. The van der Waals surface area contributed by atoms with Crippen LogP contribution in [0.15, 0.2) is 36.9 Å². The van der Waals surface area contributed by atoms with Crippen LogP contribution < -0.4 is 21.3 Å². The Bertz CT molecular complexity index is 1800. The minimum Gasteiger partial charge on any atom is -0.346 e. The molecule has 0 radical (unpaired) electrons. The molecule has 1 aromatic rings. The number of sulfone groups is 1. The topological polar surface area (TPSA) is 171 Å². The fourth-order valence-corrected chi connectivity index (χ4v) is 11.2. The van der Waals surface area contributed by atoms with Gasteiger partial charge < -0.3 is 26.2 Å². The molecule has 1 aromatic carbocycles. The van der Waals surface area contributed by atoms with Gasteiger partial charge in [0.2, 0.25) is 17.6 Å². The van der Waals surface area contributed by atoms with Gasteiger partial charge >= 0.3 is 6.03 Å². The standard InChI is InChI=1S/C42H61N5O7S/c1-8-20-43-36(50)33(48)30(21-26-16-17-26)44-35(49)32-31-29(40(31,5)6)24-47(32)37(51)34(41(7)22-27-14-10-11-15-28(27)23-41)45-38(52)46-42(18-12-9-13-19-42)25-55(53,54)39(2,3)4/h8,10-11,14-15,26,29-32,34H,1,9,12-13,16-25H2,2-7H3,(H,43,50)(H,44,49)(H2,45,46,52)/t29-,30?,31-,32-,34+/m0/s1. The molecule has 6 rings (SSSR count). The summed E-state index contributed by atoms with van der Waals surface area (Å²) in [6, 6.07) is 4.39. The van der Waals surface area contributed by atoms with E-state index in [1.54, 1.807) is 25.7 Å². The number of nitrogens with one attached hydrogen (secondary N) is 4. The maximum absolute atomic E-state index is 15.1. The number of amides is 5. The number of urea groups is 1. The highest BCUT2D eigenvalue weighted by molar-refractivity contribution is 7.92. The summed E-state index contributed by atoms with van der Waals surface area (Å²) in [5, 5.41) is 11.6. The Hall–Kier alpha value is -3.74. The van der Waals surface area contributed by atoms with Crippen LogP contribution in [-0.4, -0.2) is 90.1 Å². The quantitative estimate of drug-likeness (QED) is 0.163. The Balaban J connectivity index is 1.29. The largest absolute Gasteiger partial charge is 0.346 e. The first kappa shape index (κ1) is 40.9. The van der Waals surface area contributed by atoms with E-state index in [-0.39, 0.29) is 41.4 Å². The molecule has 1 saturated heterocycles. The second-order valence-corrected chi connectivity index (χ2v) is 21.8. The smallest absolute Gasteiger partial charge is 0.315 e. The molecule has 4 aliphatic carbocycles. The molecule has 1 unspecified atom stereocenters. The van der Waals surface area contributed by atoms with Crippen LogP contribution in [-0.2, 0) is 41.9 Å². The van der Waals surface area contributed by atoms with Crippen molar-refractivity contribution in [2.45, 2.75) is 134 Å². The summed E-state index contributed by atoms with van der Waals surface area (Å²) in [7, 11) is -3.60. The monoisotopic (exact) mass is 779 g/mol. The zero-order valence-corrected chi connectivity index (χ0v) is 34.3. The maximum atomic E-state index is 15.1. The first-order valence-corrected chi connectivity index (χ1v) is 21.8. The Kier molecular flexibility index (Phi) is 11.1. The van der Waals surface area contributed by atoms with Crippen LogP contribution in [0.25, 0.3) is 0 Å². The molecule has 4 fully saturated rings. The van der Waals surface area contributed by atoms with Crippen molar-refractivity contribution in [1.29, 1.82) is 0 Å². The summed E-state index contributed by atoms with van der Waals surface area (Å²) in [6.07, 6.45) is 8.21. The van der Waals surface area contributed by atoms with Crippen LogP contribution in [0.2, 0.25) is 0 Å².